The molecule has 92 valence electrons. The van der Waals surface area contributed by atoms with Gasteiger partial charge in [-0.1, -0.05) is 6.92 Å². The third kappa shape index (κ3) is 2.91. The van der Waals surface area contributed by atoms with Gasteiger partial charge in [-0.05, 0) is 31.4 Å². The van der Waals surface area contributed by atoms with Crippen LogP contribution in [0.4, 0.5) is 5.82 Å². The highest BCUT2D eigenvalue weighted by Gasteiger charge is 2.27. The second-order valence-corrected chi connectivity index (χ2v) is 4.35. The van der Waals surface area contributed by atoms with Crippen molar-refractivity contribution < 1.29 is 4.79 Å². The lowest BCUT2D eigenvalue weighted by Gasteiger charge is -2.28. The number of anilines is 1. The lowest BCUT2D eigenvalue weighted by Crippen LogP contribution is -2.48. The first-order chi connectivity index (χ1) is 8.16. The Bertz CT molecular complexity index is 437. The molecule has 2 unspecified atom stereocenters. The predicted molar refractivity (Wildman–Crippen MR) is 63.7 cm³/mol. The number of nitrogens with zero attached hydrogens (tertiary/aromatic N) is 1. The molecule has 1 saturated heterocycles. The van der Waals surface area contributed by atoms with Crippen molar-refractivity contribution in [2.75, 3.05) is 11.9 Å². The van der Waals surface area contributed by atoms with Gasteiger partial charge < -0.3 is 10.6 Å². The summed E-state index contributed by atoms with van der Waals surface area (Å²) in [6.07, 6.45) is 2.14. The summed E-state index contributed by atoms with van der Waals surface area (Å²) in [5.74, 6) is 0.581. The summed E-state index contributed by atoms with van der Waals surface area (Å²) in [6, 6.07) is 2.64. The van der Waals surface area contributed by atoms with E-state index < -0.39 is 0 Å². The Kier molecular flexibility index (Phi) is 3.53. The summed E-state index contributed by atoms with van der Waals surface area (Å²) in [4.78, 5) is 22.8. The second kappa shape index (κ2) is 5.09. The van der Waals surface area contributed by atoms with Crippen LogP contribution in [-0.2, 0) is 4.79 Å². The van der Waals surface area contributed by atoms with Crippen LogP contribution in [0.5, 0.6) is 0 Å². The second-order valence-electron chi connectivity index (χ2n) is 4.35. The Labute approximate surface area is 98.8 Å². The van der Waals surface area contributed by atoms with E-state index in [1.807, 2.05) is 0 Å². The van der Waals surface area contributed by atoms with E-state index in [-0.39, 0.29) is 17.5 Å². The Morgan fingerprint density at radius 1 is 1.53 bits per heavy atom. The molecule has 1 aliphatic heterocycles. The largest absolute Gasteiger partial charge is 0.308 e. The number of piperidine rings is 1. The molecule has 1 amide bonds. The van der Waals surface area contributed by atoms with Crippen LogP contribution in [-0.4, -0.2) is 28.7 Å². The number of rotatable bonds is 2. The van der Waals surface area contributed by atoms with Crippen molar-refractivity contribution in [2.24, 2.45) is 5.92 Å². The van der Waals surface area contributed by atoms with Crippen LogP contribution in [0.3, 0.4) is 0 Å². The minimum atomic E-state index is -0.285. The van der Waals surface area contributed by atoms with Crippen molar-refractivity contribution in [3.8, 4) is 0 Å². The molecule has 0 spiro atoms. The quantitative estimate of drug-likeness (QED) is 0.679. The maximum absolute atomic E-state index is 12.0. The third-order valence-corrected chi connectivity index (χ3v) is 2.98. The highest BCUT2D eigenvalue weighted by molar-refractivity contribution is 5.94. The van der Waals surface area contributed by atoms with Gasteiger partial charge in [-0.3, -0.25) is 9.59 Å². The number of hydrogen-bond donors (Lipinski definition) is 3. The van der Waals surface area contributed by atoms with Gasteiger partial charge in [0.25, 0.3) is 5.56 Å². The van der Waals surface area contributed by atoms with Crippen LogP contribution in [0.2, 0.25) is 0 Å². The number of aromatic amines is 1. The van der Waals surface area contributed by atoms with Gasteiger partial charge in [-0.15, -0.1) is 0 Å². The molecule has 1 fully saturated rings. The minimum absolute atomic E-state index is 0.100. The van der Waals surface area contributed by atoms with Gasteiger partial charge in [0, 0.05) is 6.07 Å². The number of nitrogens with one attached hydrogen (secondary N) is 3. The lowest BCUT2D eigenvalue weighted by atomic mass is 9.92. The first kappa shape index (κ1) is 11.8. The smallest absolute Gasteiger partial charge is 0.264 e. The van der Waals surface area contributed by atoms with Crippen LogP contribution in [0.15, 0.2) is 16.9 Å². The van der Waals surface area contributed by atoms with Gasteiger partial charge in [0.05, 0.1) is 6.04 Å². The molecule has 2 rings (SSSR count). The average Bonchev–Trinajstić information content (AvgIpc) is 2.32. The fourth-order valence-electron chi connectivity index (χ4n) is 2.02. The number of H-pyrrole nitrogens is 1. The topological polar surface area (TPSA) is 86.9 Å². The fraction of sp³-hybridized carbons (Fsp3) is 0.545. The molecule has 1 aromatic rings. The van der Waals surface area contributed by atoms with Crippen LogP contribution in [0.1, 0.15) is 19.8 Å². The number of carbonyl (C=O) groups is 1. The number of aromatic nitrogens is 2. The van der Waals surface area contributed by atoms with Gasteiger partial charge in [0.2, 0.25) is 5.91 Å². The molecular weight excluding hydrogens is 220 g/mol. The molecule has 2 heterocycles. The maximum Gasteiger partial charge on any atom is 0.264 e. The van der Waals surface area contributed by atoms with Gasteiger partial charge >= 0.3 is 0 Å². The molecule has 0 saturated carbocycles. The van der Waals surface area contributed by atoms with E-state index in [4.69, 9.17) is 0 Å². The Hall–Kier alpha value is -1.69. The summed E-state index contributed by atoms with van der Waals surface area (Å²) < 4.78 is 0. The summed E-state index contributed by atoms with van der Waals surface area (Å²) in [6.45, 7) is 2.91. The third-order valence-electron chi connectivity index (χ3n) is 2.98. The molecule has 0 aromatic carbocycles. The molecule has 1 aromatic heterocycles. The average molecular weight is 236 g/mol. The van der Waals surface area contributed by atoms with Crippen LogP contribution >= 0.6 is 0 Å². The van der Waals surface area contributed by atoms with Gasteiger partial charge in [-0.2, -0.15) is 5.10 Å². The van der Waals surface area contributed by atoms with Crippen LogP contribution < -0.4 is 16.2 Å². The van der Waals surface area contributed by atoms with E-state index in [0.717, 1.165) is 19.4 Å². The van der Waals surface area contributed by atoms with E-state index in [0.29, 0.717) is 11.7 Å². The van der Waals surface area contributed by atoms with Gasteiger partial charge in [0.1, 0.15) is 0 Å². The van der Waals surface area contributed by atoms with E-state index >= 15 is 0 Å². The van der Waals surface area contributed by atoms with Crippen molar-refractivity contribution in [1.29, 1.82) is 0 Å². The van der Waals surface area contributed by atoms with E-state index in [2.05, 4.69) is 27.8 Å². The summed E-state index contributed by atoms with van der Waals surface area (Å²) in [7, 11) is 0. The number of hydrogen-bond acceptors (Lipinski definition) is 4. The number of carbonyl (C=O) groups excluding carboxylic acids is 1. The van der Waals surface area contributed by atoms with Gasteiger partial charge in [-0.25, -0.2) is 5.10 Å². The highest BCUT2D eigenvalue weighted by atomic mass is 16.2. The van der Waals surface area contributed by atoms with E-state index in [9.17, 15) is 9.59 Å². The zero-order chi connectivity index (χ0) is 12.3. The summed E-state index contributed by atoms with van der Waals surface area (Å²) in [5, 5.41) is 11.9. The molecule has 0 radical (unpaired) electrons. The Morgan fingerprint density at radius 3 is 3.00 bits per heavy atom. The molecule has 6 nitrogen and oxygen atoms in total. The molecule has 3 N–H and O–H groups in total. The van der Waals surface area contributed by atoms with E-state index in [1.165, 1.54) is 12.1 Å². The number of amides is 1. The molecule has 0 aliphatic carbocycles. The first-order valence-corrected chi connectivity index (χ1v) is 5.77. The predicted octanol–water partition coefficient (Wildman–Crippen LogP) is 0.0965. The molecular formula is C11H16N4O2. The van der Waals surface area contributed by atoms with Gasteiger partial charge in [0.15, 0.2) is 5.82 Å². The standard InChI is InChI=1S/C11H16N4O2/c1-7-3-2-6-12-10(7)11(17)13-8-4-5-9(16)15-14-8/h4-5,7,10,12H,2-3,6H2,1H3,(H,15,16)(H,13,14,17). The van der Waals surface area contributed by atoms with Crippen molar-refractivity contribution in [1.82, 2.24) is 15.5 Å². The van der Waals surface area contributed by atoms with E-state index in [1.54, 1.807) is 0 Å². The minimum Gasteiger partial charge on any atom is -0.308 e. The van der Waals surface area contributed by atoms with Crippen molar-refractivity contribution in [3.63, 3.8) is 0 Å². The molecule has 1 aliphatic rings. The van der Waals surface area contributed by atoms with Crippen molar-refractivity contribution in [3.05, 3.63) is 22.5 Å². The van der Waals surface area contributed by atoms with Crippen LogP contribution in [0, 0.1) is 5.92 Å². The Balaban J connectivity index is 2.00. The molecule has 2 atom stereocenters. The van der Waals surface area contributed by atoms with Crippen LogP contribution in [0.25, 0.3) is 0 Å². The van der Waals surface area contributed by atoms with Crippen molar-refractivity contribution in [2.45, 2.75) is 25.8 Å². The zero-order valence-corrected chi connectivity index (χ0v) is 9.69. The highest BCUT2D eigenvalue weighted by Crippen LogP contribution is 2.16. The van der Waals surface area contributed by atoms with Crippen molar-refractivity contribution >= 4 is 11.7 Å². The Morgan fingerprint density at radius 2 is 2.35 bits per heavy atom. The maximum atomic E-state index is 12.0. The molecule has 0 bridgehead atoms. The molecule has 17 heavy (non-hydrogen) atoms. The zero-order valence-electron chi connectivity index (χ0n) is 9.69. The SMILES string of the molecule is CC1CCCNC1C(=O)Nc1ccc(=O)[nH]n1. The fourth-order valence-corrected chi connectivity index (χ4v) is 2.02. The lowest BCUT2D eigenvalue weighted by molar-refractivity contribution is -0.119. The summed E-state index contributed by atoms with van der Waals surface area (Å²) >= 11 is 0. The summed E-state index contributed by atoms with van der Waals surface area (Å²) in [5.41, 5.74) is -0.285. The first-order valence-electron chi connectivity index (χ1n) is 5.77. The monoisotopic (exact) mass is 236 g/mol. The molecule has 6 heteroatoms. The normalized spacial score (nSPS) is 24.3.